The van der Waals surface area contributed by atoms with E-state index in [9.17, 15) is 13.2 Å². The van der Waals surface area contributed by atoms with E-state index in [1.54, 1.807) is 12.1 Å². The Bertz CT molecular complexity index is 720. The molecule has 0 saturated carbocycles. The third kappa shape index (κ3) is 3.28. The second kappa shape index (κ2) is 5.66. The number of benzene rings is 2. The number of nitrogens with zero attached hydrogens (tertiary/aromatic N) is 1. The van der Waals surface area contributed by atoms with Gasteiger partial charge in [0.05, 0.1) is 22.5 Å². The molecule has 0 aliphatic carbocycles. The van der Waals surface area contributed by atoms with E-state index in [1.807, 2.05) is 6.07 Å². The van der Waals surface area contributed by atoms with Gasteiger partial charge in [0.1, 0.15) is 6.07 Å². The van der Waals surface area contributed by atoms with Gasteiger partial charge in [-0.3, -0.25) is 0 Å². The summed E-state index contributed by atoms with van der Waals surface area (Å²) in [5.41, 5.74) is 6.05. The lowest BCUT2D eigenvalue weighted by atomic mass is 10.1. The third-order valence-electron chi connectivity index (χ3n) is 2.78. The lowest BCUT2D eigenvalue weighted by Crippen LogP contribution is -2.07. The molecule has 0 aliphatic rings. The smallest absolute Gasteiger partial charge is 0.396 e. The summed E-state index contributed by atoms with van der Waals surface area (Å²) in [7, 11) is 0. The van der Waals surface area contributed by atoms with Crippen LogP contribution in [0, 0.1) is 11.3 Å². The van der Waals surface area contributed by atoms with Crippen LogP contribution in [0.5, 0.6) is 0 Å². The number of nitrogen functional groups attached to an aromatic ring is 1. The van der Waals surface area contributed by atoms with Crippen molar-refractivity contribution in [3.63, 3.8) is 0 Å². The van der Waals surface area contributed by atoms with Crippen LogP contribution in [-0.2, 0) is 6.18 Å². The number of halogens is 4. The van der Waals surface area contributed by atoms with Crippen LogP contribution in [0.4, 0.5) is 30.2 Å². The molecule has 0 bridgehead atoms. The quantitative estimate of drug-likeness (QED) is 0.769. The molecular weight excluding hydrogens is 347 g/mol. The van der Waals surface area contributed by atoms with Gasteiger partial charge in [0.15, 0.2) is 0 Å². The molecule has 0 radical (unpaired) electrons. The number of para-hydroxylation sites is 1. The number of anilines is 3. The molecule has 0 atom stereocenters. The minimum atomic E-state index is -4.46. The van der Waals surface area contributed by atoms with E-state index in [2.05, 4.69) is 21.2 Å². The predicted octanol–water partition coefficient (Wildman–Crippen LogP) is 4.67. The summed E-state index contributed by atoms with van der Waals surface area (Å²) in [5.74, 6) is 0. The lowest BCUT2D eigenvalue weighted by molar-refractivity contribution is -0.138. The molecule has 3 nitrogen and oxygen atoms in total. The second-order valence-electron chi connectivity index (χ2n) is 4.20. The van der Waals surface area contributed by atoms with Crippen LogP contribution in [0.1, 0.15) is 11.1 Å². The average molecular weight is 356 g/mol. The molecule has 21 heavy (non-hydrogen) atoms. The van der Waals surface area contributed by atoms with Gasteiger partial charge < -0.3 is 11.1 Å². The zero-order valence-corrected chi connectivity index (χ0v) is 12.1. The fourth-order valence-electron chi connectivity index (χ4n) is 1.75. The molecule has 0 fully saturated rings. The number of nitriles is 1. The maximum atomic E-state index is 12.8. The molecule has 108 valence electrons. The Labute approximate surface area is 127 Å². The molecule has 3 N–H and O–H groups in total. The van der Waals surface area contributed by atoms with Crippen LogP contribution >= 0.6 is 15.9 Å². The van der Waals surface area contributed by atoms with Crippen LogP contribution in [0.3, 0.4) is 0 Å². The number of rotatable bonds is 2. The monoisotopic (exact) mass is 355 g/mol. The fourth-order valence-corrected chi connectivity index (χ4v) is 2.22. The Morgan fingerprint density at radius 1 is 1.19 bits per heavy atom. The Morgan fingerprint density at radius 3 is 2.52 bits per heavy atom. The van der Waals surface area contributed by atoms with Crippen LogP contribution in [0.15, 0.2) is 40.9 Å². The van der Waals surface area contributed by atoms with E-state index in [0.717, 1.165) is 6.07 Å². The highest BCUT2D eigenvalue weighted by molar-refractivity contribution is 9.10. The Morgan fingerprint density at radius 2 is 1.90 bits per heavy atom. The third-order valence-corrected chi connectivity index (χ3v) is 3.47. The maximum Gasteiger partial charge on any atom is 0.417 e. The molecule has 2 aromatic rings. The van der Waals surface area contributed by atoms with Crippen molar-refractivity contribution >= 4 is 33.0 Å². The highest BCUT2D eigenvalue weighted by Gasteiger charge is 2.33. The number of hydrogen-bond acceptors (Lipinski definition) is 3. The molecule has 0 heterocycles. The zero-order valence-electron chi connectivity index (χ0n) is 10.5. The summed E-state index contributed by atoms with van der Waals surface area (Å²) in [6.07, 6.45) is -4.46. The van der Waals surface area contributed by atoms with Gasteiger partial charge >= 0.3 is 6.18 Å². The van der Waals surface area contributed by atoms with Crippen molar-refractivity contribution in [3.8, 4) is 6.07 Å². The largest absolute Gasteiger partial charge is 0.417 e. The van der Waals surface area contributed by atoms with Crippen LogP contribution in [-0.4, -0.2) is 0 Å². The van der Waals surface area contributed by atoms with E-state index < -0.39 is 11.7 Å². The minimum absolute atomic E-state index is 0.0423. The normalized spacial score (nSPS) is 11.0. The van der Waals surface area contributed by atoms with Crippen molar-refractivity contribution in [2.24, 2.45) is 0 Å². The van der Waals surface area contributed by atoms with E-state index in [4.69, 9.17) is 11.0 Å². The molecule has 2 aromatic carbocycles. The van der Waals surface area contributed by atoms with Gasteiger partial charge in [0.2, 0.25) is 0 Å². The lowest BCUT2D eigenvalue weighted by Gasteiger charge is -2.14. The van der Waals surface area contributed by atoms with E-state index in [1.165, 1.54) is 18.2 Å². The molecule has 0 unspecified atom stereocenters. The van der Waals surface area contributed by atoms with Crippen molar-refractivity contribution in [1.29, 1.82) is 5.26 Å². The molecule has 0 amide bonds. The Hall–Kier alpha value is -2.20. The summed E-state index contributed by atoms with van der Waals surface area (Å²) < 4.78 is 38.5. The molecule has 7 heteroatoms. The van der Waals surface area contributed by atoms with Gasteiger partial charge in [0, 0.05) is 10.2 Å². The van der Waals surface area contributed by atoms with Crippen molar-refractivity contribution in [1.82, 2.24) is 0 Å². The highest BCUT2D eigenvalue weighted by atomic mass is 79.9. The van der Waals surface area contributed by atoms with E-state index in [0.29, 0.717) is 5.69 Å². The fraction of sp³-hybridized carbons (Fsp3) is 0.0714. The summed E-state index contributed by atoms with van der Waals surface area (Å²) >= 11 is 2.87. The van der Waals surface area contributed by atoms with Gasteiger partial charge in [-0.1, -0.05) is 22.0 Å². The summed E-state index contributed by atoms with van der Waals surface area (Å²) in [5, 5.41) is 11.7. The van der Waals surface area contributed by atoms with E-state index >= 15 is 0 Å². The highest BCUT2D eigenvalue weighted by Crippen LogP contribution is 2.37. The van der Waals surface area contributed by atoms with Gasteiger partial charge in [0.25, 0.3) is 0 Å². The molecule has 0 spiro atoms. The number of nitrogens with one attached hydrogen (secondary N) is 1. The standard InChI is InChI=1S/C14H9BrF3N3/c15-11-5-4-9(6-10(11)14(16,17)18)21-12-3-1-2-8(7-19)13(12)20/h1-6,21H,20H2. The number of hydrogen-bond donors (Lipinski definition) is 2. The molecule has 2 rings (SSSR count). The topological polar surface area (TPSA) is 61.8 Å². The van der Waals surface area contributed by atoms with Crippen molar-refractivity contribution in [3.05, 3.63) is 52.0 Å². The Balaban J connectivity index is 2.40. The van der Waals surface area contributed by atoms with Crippen LogP contribution in [0.2, 0.25) is 0 Å². The first-order valence-corrected chi connectivity index (χ1v) is 6.54. The Kier molecular flexibility index (Phi) is 4.09. The summed E-state index contributed by atoms with van der Waals surface area (Å²) in [4.78, 5) is 0. The minimum Gasteiger partial charge on any atom is -0.396 e. The molecular formula is C14H9BrF3N3. The molecule has 0 aliphatic heterocycles. The first-order valence-electron chi connectivity index (χ1n) is 5.75. The van der Waals surface area contributed by atoms with Gasteiger partial charge in [-0.05, 0) is 30.3 Å². The van der Waals surface area contributed by atoms with E-state index in [-0.39, 0.29) is 21.4 Å². The van der Waals surface area contributed by atoms with Gasteiger partial charge in [-0.15, -0.1) is 0 Å². The SMILES string of the molecule is N#Cc1cccc(Nc2ccc(Br)c(C(F)(F)F)c2)c1N. The number of alkyl halides is 3. The number of nitrogens with two attached hydrogens (primary N) is 1. The first kappa shape index (κ1) is 15.2. The first-order chi connectivity index (χ1) is 9.82. The van der Waals surface area contributed by atoms with Crippen LogP contribution < -0.4 is 11.1 Å². The molecule has 0 saturated heterocycles. The van der Waals surface area contributed by atoms with Gasteiger partial charge in [-0.25, -0.2) is 0 Å². The van der Waals surface area contributed by atoms with Crippen molar-refractivity contribution < 1.29 is 13.2 Å². The van der Waals surface area contributed by atoms with Gasteiger partial charge in [-0.2, -0.15) is 18.4 Å². The zero-order chi connectivity index (χ0) is 15.6. The summed E-state index contributed by atoms with van der Waals surface area (Å²) in [6, 6.07) is 10.4. The average Bonchev–Trinajstić information content (AvgIpc) is 2.42. The second-order valence-corrected chi connectivity index (χ2v) is 5.05. The van der Waals surface area contributed by atoms with Crippen molar-refractivity contribution in [2.75, 3.05) is 11.1 Å². The molecule has 0 aromatic heterocycles. The van der Waals surface area contributed by atoms with Crippen molar-refractivity contribution in [2.45, 2.75) is 6.18 Å². The predicted molar refractivity (Wildman–Crippen MR) is 78.0 cm³/mol. The van der Waals surface area contributed by atoms with Crippen LogP contribution in [0.25, 0.3) is 0 Å². The summed E-state index contributed by atoms with van der Waals surface area (Å²) in [6.45, 7) is 0. The maximum absolute atomic E-state index is 12.8.